The first-order valence-corrected chi connectivity index (χ1v) is 6.37. The number of hydrogen-bond acceptors (Lipinski definition) is 2. The first kappa shape index (κ1) is 13.2. The normalized spacial score (nSPS) is 10.2. The molecule has 0 aliphatic heterocycles. The van der Waals surface area contributed by atoms with Crippen molar-refractivity contribution in [2.24, 2.45) is 0 Å². The molecule has 0 spiro atoms. The summed E-state index contributed by atoms with van der Waals surface area (Å²) in [6.45, 7) is 9.73. The van der Waals surface area contributed by atoms with Crippen molar-refractivity contribution in [2.75, 3.05) is 0 Å². The first-order valence-electron chi connectivity index (χ1n) is 6.37. The fourth-order valence-corrected chi connectivity index (χ4v) is 1.93. The van der Waals surface area contributed by atoms with E-state index in [1.54, 1.807) is 6.20 Å². The minimum atomic E-state index is 0.906. The van der Waals surface area contributed by atoms with Crippen molar-refractivity contribution in [3.63, 3.8) is 0 Å². The Balaban J connectivity index is 2.06. The molecule has 2 heteroatoms. The van der Waals surface area contributed by atoms with Gasteiger partial charge >= 0.3 is 0 Å². The predicted octanol–water partition coefficient (Wildman–Crippen LogP) is 3.94. The van der Waals surface area contributed by atoms with E-state index in [4.69, 9.17) is 0 Å². The van der Waals surface area contributed by atoms with Gasteiger partial charge in [0.2, 0.25) is 0 Å². The highest BCUT2D eigenvalue weighted by Crippen LogP contribution is 2.13. The summed E-state index contributed by atoms with van der Waals surface area (Å²) in [6, 6.07) is 6.12. The van der Waals surface area contributed by atoms with Gasteiger partial charge in [0.1, 0.15) is 0 Å². The van der Waals surface area contributed by atoms with Crippen LogP contribution in [-0.4, -0.2) is 9.97 Å². The molecule has 0 aliphatic carbocycles. The number of rotatable bonds is 5. The van der Waals surface area contributed by atoms with E-state index in [9.17, 15) is 0 Å². The Morgan fingerprint density at radius 1 is 1.21 bits per heavy atom. The molecule has 19 heavy (non-hydrogen) atoms. The van der Waals surface area contributed by atoms with E-state index < -0.39 is 0 Å². The second kappa shape index (κ2) is 6.10. The third kappa shape index (κ3) is 3.38. The van der Waals surface area contributed by atoms with Gasteiger partial charge in [-0.3, -0.25) is 9.97 Å². The maximum absolute atomic E-state index is 4.46. The molecule has 0 aliphatic rings. The van der Waals surface area contributed by atoms with Crippen LogP contribution < -0.4 is 0 Å². The lowest BCUT2D eigenvalue weighted by atomic mass is 10.0. The van der Waals surface area contributed by atoms with Gasteiger partial charge in [0.05, 0.1) is 0 Å². The van der Waals surface area contributed by atoms with Crippen LogP contribution in [0.4, 0.5) is 0 Å². The third-order valence-corrected chi connectivity index (χ3v) is 3.13. The highest BCUT2D eigenvalue weighted by atomic mass is 14.7. The van der Waals surface area contributed by atoms with Crippen LogP contribution in [0.25, 0.3) is 11.6 Å². The van der Waals surface area contributed by atoms with Gasteiger partial charge in [-0.25, -0.2) is 0 Å². The third-order valence-electron chi connectivity index (χ3n) is 3.13. The van der Waals surface area contributed by atoms with Crippen LogP contribution in [0.3, 0.4) is 0 Å². The van der Waals surface area contributed by atoms with Crippen molar-refractivity contribution in [3.05, 3.63) is 72.3 Å². The Bertz CT molecular complexity index is 582. The fourth-order valence-electron chi connectivity index (χ4n) is 1.93. The molecular formula is C17H18N2. The molecular weight excluding hydrogens is 232 g/mol. The van der Waals surface area contributed by atoms with E-state index in [1.165, 1.54) is 5.56 Å². The molecule has 0 N–H and O–H groups in total. The average Bonchev–Trinajstić information content (AvgIpc) is 2.45. The molecule has 0 aromatic carbocycles. The summed E-state index contributed by atoms with van der Waals surface area (Å²) < 4.78 is 0. The van der Waals surface area contributed by atoms with Gasteiger partial charge in [-0.2, -0.15) is 0 Å². The number of aryl methyl sites for hydroxylation is 2. The zero-order valence-electron chi connectivity index (χ0n) is 11.3. The maximum atomic E-state index is 4.46. The first-order chi connectivity index (χ1) is 9.20. The van der Waals surface area contributed by atoms with Gasteiger partial charge in [0.25, 0.3) is 0 Å². The summed E-state index contributed by atoms with van der Waals surface area (Å²) in [4.78, 5) is 8.63. The van der Waals surface area contributed by atoms with Gasteiger partial charge in [0, 0.05) is 24.3 Å². The summed E-state index contributed by atoms with van der Waals surface area (Å²) >= 11 is 0. The lowest BCUT2D eigenvalue weighted by Crippen LogP contribution is -1.97. The van der Waals surface area contributed by atoms with Crippen LogP contribution in [-0.2, 0) is 12.8 Å². The standard InChI is InChI=1S/C17H18N2/c1-4-14-9-10-18-11-16(14)6-8-17-7-5-15(12-19-17)13(2)3/h4-5,7,9-12H,1-2,6,8H2,3H3. The van der Waals surface area contributed by atoms with E-state index in [2.05, 4.69) is 35.3 Å². The van der Waals surface area contributed by atoms with Gasteiger partial charge in [-0.05, 0) is 54.2 Å². The van der Waals surface area contributed by atoms with Crippen LogP contribution in [0.1, 0.15) is 29.3 Å². The molecule has 96 valence electrons. The smallest absolute Gasteiger partial charge is 0.0407 e. The monoisotopic (exact) mass is 250 g/mol. The molecule has 0 amide bonds. The molecule has 2 heterocycles. The maximum Gasteiger partial charge on any atom is 0.0407 e. The Morgan fingerprint density at radius 2 is 2.05 bits per heavy atom. The Morgan fingerprint density at radius 3 is 2.68 bits per heavy atom. The van der Waals surface area contributed by atoms with Gasteiger partial charge in [-0.1, -0.05) is 25.3 Å². The summed E-state index contributed by atoms with van der Waals surface area (Å²) in [6.07, 6.45) is 9.28. The SMILES string of the molecule is C=Cc1ccncc1CCc1ccc(C(=C)C)cn1. The Labute approximate surface area is 114 Å². The molecule has 0 unspecified atom stereocenters. The number of aromatic nitrogens is 2. The summed E-state index contributed by atoms with van der Waals surface area (Å²) in [7, 11) is 0. The topological polar surface area (TPSA) is 25.8 Å². The molecule has 0 bridgehead atoms. The van der Waals surface area contributed by atoms with Crippen LogP contribution in [0, 0.1) is 0 Å². The van der Waals surface area contributed by atoms with Crippen molar-refractivity contribution in [2.45, 2.75) is 19.8 Å². The van der Waals surface area contributed by atoms with Crippen LogP contribution in [0.5, 0.6) is 0 Å². The Hall–Kier alpha value is -2.22. The lowest BCUT2D eigenvalue weighted by Gasteiger charge is -2.06. The molecule has 2 aromatic heterocycles. The van der Waals surface area contributed by atoms with Crippen molar-refractivity contribution in [3.8, 4) is 0 Å². The second-order valence-corrected chi connectivity index (χ2v) is 4.60. The minimum absolute atomic E-state index is 0.906. The number of hydrogen-bond donors (Lipinski definition) is 0. The number of pyridine rings is 2. The van der Waals surface area contributed by atoms with Crippen LogP contribution in [0.15, 0.2) is 49.9 Å². The molecule has 2 rings (SSSR count). The van der Waals surface area contributed by atoms with Gasteiger partial charge in [0.15, 0.2) is 0 Å². The summed E-state index contributed by atoms with van der Waals surface area (Å²) in [5.74, 6) is 0. The van der Waals surface area contributed by atoms with E-state index in [-0.39, 0.29) is 0 Å². The van der Waals surface area contributed by atoms with Crippen molar-refractivity contribution < 1.29 is 0 Å². The number of allylic oxidation sites excluding steroid dienone is 1. The van der Waals surface area contributed by atoms with Gasteiger partial charge in [-0.15, -0.1) is 0 Å². The number of nitrogens with zero attached hydrogens (tertiary/aromatic N) is 2. The molecule has 2 nitrogen and oxygen atoms in total. The molecule has 0 fully saturated rings. The molecule has 0 saturated carbocycles. The molecule has 0 radical (unpaired) electrons. The zero-order valence-corrected chi connectivity index (χ0v) is 11.3. The highest BCUT2D eigenvalue weighted by molar-refractivity contribution is 5.60. The average molecular weight is 250 g/mol. The van der Waals surface area contributed by atoms with Crippen molar-refractivity contribution >= 4 is 11.6 Å². The quantitative estimate of drug-likeness (QED) is 0.803. The van der Waals surface area contributed by atoms with Crippen molar-refractivity contribution in [1.29, 1.82) is 0 Å². The molecule has 0 saturated heterocycles. The van der Waals surface area contributed by atoms with Crippen LogP contribution >= 0.6 is 0 Å². The summed E-state index contributed by atoms with van der Waals surface area (Å²) in [5, 5.41) is 0. The zero-order chi connectivity index (χ0) is 13.7. The second-order valence-electron chi connectivity index (χ2n) is 4.60. The minimum Gasteiger partial charge on any atom is -0.264 e. The predicted molar refractivity (Wildman–Crippen MR) is 80.7 cm³/mol. The Kier molecular flexibility index (Phi) is 4.24. The van der Waals surface area contributed by atoms with E-state index in [0.29, 0.717) is 0 Å². The van der Waals surface area contributed by atoms with E-state index in [1.807, 2.05) is 31.5 Å². The highest BCUT2D eigenvalue weighted by Gasteiger charge is 2.02. The van der Waals surface area contributed by atoms with Crippen LogP contribution in [0.2, 0.25) is 0 Å². The lowest BCUT2D eigenvalue weighted by molar-refractivity contribution is 0.904. The largest absolute Gasteiger partial charge is 0.264 e. The van der Waals surface area contributed by atoms with E-state index >= 15 is 0 Å². The summed E-state index contributed by atoms with van der Waals surface area (Å²) in [5.41, 5.74) is 5.58. The fraction of sp³-hybridized carbons (Fsp3) is 0.176. The molecule has 2 aromatic rings. The van der Waals surface area contributed by atoms with Gasteiger partial charge < -0.3 is 0 Å². The van der Waals surface area contributed by atoms with E-state index in [0.717, 1.165) is 35.2 Å². The molecule has 0 atom stereocenters. The van der Waals surface area contributed by atoms with Crippen molar-refractivity contribution in [1.82, 2.24) is 9.97 Å².